The molecule has 0 aliphatic carbocycles. The quantitative estimate of drug-likeness (QED) is 0.886. The van der Waals surface area contributed by atoms with Gasteiger partial charge < -0.3 is 14.8 Å². The maximum Gasteiger partial charge on any atom is 0.410 e. The van der Waals surface area contributed by atoms with E-state index < -0.39 is 5.60 Å². The molecule has 0 aromatic carbocycles. The third kappa shape index (κ3) is 4.60. The number of nitrogens with one attached hydrogen (secondary N) is 1. The lowest BCUT2D eigenvalue weighted by Gasteiger charge is -2.35. The maximum absolute atomic E-state index is 12.5. The summed E-state index contributed by atoms with van der Waals surface area (Å²) in [4.78, 5) is 23.3. The van der Waals surface area contributed by atoms with Crippen LogP contribution in [0.15, 0.2) is 6.20 Å². The molecule has 1 amide bonds. The van der Waals surface area contributed by atoms with Crippen molar-refractivity contribution in [2.75, 3.05) is 18.5 Å². The summed E-state index contributed by atoms with van der Waals surface area (Å²) < 4.78 is 10.9. The Hall–Kier alpha value is -1.89. The molecule has 0 bridgehead atoms. The molecule has 7 heteroatoms. The van der Waals surface area contributed by atoms with E-state index in [2.05, 4.69) is 15.3 Å². The minimum absolute atomic E-state index is 0.0697. The fraction of sp³-hybridized carbons (Fsp3) is 0.722. The highest BCUT2D eigenvalue weighted by Gasteiger charge is 2.31. The zero-order valence-electron chi connectivity index (χ0n) is 15.5. The van der Waals surface area contributed by atoms with Crippen LogP contribution in [-0.2, 0) is 22.4 Å². The average Bonchev–Trinajstić information content (AvgIpc) is 2.54. The van der Waals surface area contributed by atoms with E-state index in [0.717, 1.165) is 43.7 Å². The fourth-order valence-electron chi connectivity index (χ4n) is 3.15. The topological polar surface area (TPSA) is 76.6 Å². The van der Waals surface area contributed by atoms with E-state index in [1.807, 2.05) is 33.9 Å². The lowest BCUT2D eigenvalue weighted by Crippen LogP contribution is -2.45. The molecule has 2 aliphatic rings. The van der Waals surface area contributed by atoms with Gasteiger partial charge in [-0.05, 0) is 52.5 Å². The first-order chi connectivity index (χ1) is 11.8. The van der Waals surface area contributed by atoms with Crippen molar-refractivity contribution >= 4 is 12.0 Å². The zero-order valence-corrected chi connectivity index (χ0v) is 15.5. The highest BCUT2D eigenvalue weighted by Crippen LogP contribution is 2.24. The molecule has 0 saturated carbocycles. The van der Waals surface area contributed by atoms with Gasteiger partial charge in [-0.3, -0.25) is 4.90 Å². The molecule has 1 atom stereocenters. The number of hydrogen-bond acceptors (Lipinski definition) is 6. The lowest BCUT2D eigenvalue weighted by atomic mass is 10.0. The third-order valence-electron chi connectivity index (χ3n) is 4.50. The summed E-state index contributed by atoms with van der Waals surface area (Å²) in [5.74, 6) is 0.629. The van der Waals surface area contributed by atoms with Crippen LogP contribution in [-0.4, -0.2) is 51.9 Å². The van der Waals surface area contributed by atoms with Crippen LogP contribution >= 0.6 is 0 Å². The number of aromatic nitrogens is 2. The summed E-state index contributed by atoms with van der Waals surface area (Å²) in [5.41, 5.74) is 1.50. The van der Waals surface area contributed by atoms with Gasteiger partial charge in [-0.2, -0.15) is 0 Å². The Morgan fingerprint density at radius 1 is 1.36 bits per heavy atom. The highest BCUT2D eigenvalue weighted by molar-refractivity contribution is 5.69. The summed E-state index contributed by atoms with van der Waals surface area (Å²) in [5, 5.41) is 3.39. The number of anilines is 1. The number of carbonyl (C=O) groups is 1. The molecular formula is C18H28N4O3. The maximum atomic E-state index is 12.5. The van der Waals surface area contributed by atoms with Gasteiger partial charge in [-0.1, -0.05) is 0 Å². The molecule has 0 spiro atoms. The molecule has 0 unspecified atom stereocenters. The molecule has 1 aromatic rings. The van der Waals surface area contributed by atoms with Gasteiger partial charge in [0.05, 0.1) is 12.2 Å². The van der Waals surface area contributed by atoms with Gasteiger partial charge in [-0.25, -0.2) is 14.8 Å². The van der Waals surface area contributed by atoms with Crippen molar-refractivity contribution in [1.82, 2.24) is 14.9 Å². The van der Waals surface area contributed by atoms with E-state index in [4.69, 9.17) is 9.47 Å². The highest BCUT2D eigenvalue weighted by atomic mass is 16.6. The molecule has 25 heavy (non-hydrogen) atoms. The predicted octanol–water partition coefficient (Wildman–Crippen LogP) is 2.75. The third-order valence-corrected chi connectivity index (χ3v) is 4.50. The first-order valence-electron chi connectivity index (χ1n) is 9.00. The van der Waals surface area contributed by atoms with E-state index >= 15 is 0 Å². The second-order valence-corrected chi connectivity index (χ2v) is 7.86. The van der Waals surface area contributed by atoms with Gasteiger partial charge in [0.2, 0.25) is 5.95 Å². The summed E-state index contributed by atoms with van der Waals surface area (Å²) in [6.45, 7) is 9.67. The Bertz CT molecular complexity index is 623. The van der Waals surface area contributed by atoms with E-state index in [9.17, 15) is 4.79 Å². The van der Waals surface area contributed by atoms with Crippen LogP contribution < -0.4 is 5.32 Å². The molecule has 2 aliphatic heterocycles. The van der Waals surface area contributed by atoms with Crippen LogP contribution in [0.1, 0.15) is 51.8 Å². The van der Waals surface area contributed by atoms with Crippen LogP contribution in [0.3, 0.4) is 0 Å². The molecule has 3 heterocycles. The van der Waals surface area contributed by atoms with E-state index in [0.29, 0.717) is 18.5 Å². The minimum atomic E-state index is -0.501. The second-order valence-electron chi connectivity index (χ2n) is 7.86. The van der Waals surface area contributed by atoms with Gasteiger partial charge in [0.25, 0.3) is 0 Å². The van der Waals surface area contributed by atoms with Crippen LogP contribution in [0.4, 0.5) is 10.7 Å². The SMILES string of the molecule is C[C@@H]1Cc2cnc(NC3CCOCC3)nc2CN1C(=O)OC(C)(C)C. The van der Waals surface area contributed by atoms with Gasteiger partial charge in [0.15, 0.2) is 0 Å². The van der Waals surface area contributed by atoms with Crippen LogP contribution in [0, 0.1) is 0 Å². The average molecular weight is 348 g/mol. The number of ether oxygens (including phenoxy) is 2. The van der Waals surface area contributed by atoms with Crippen molar-refractivity contribution in [3.8, 4) is 0 Å². The zero-order chi connectivity index (χ0) is 18.0. The van der Waals surface area contributed by atoms with Crippen LogP contribution in [0.2, 0.25) is 0 Å². The van der Waals surface area contributed by atoms with Gasteiger partial charge in [0.1, 0.15) is 5.60 Å². The van der Waals surface area contributed by atoms with Crippen LogP contribution in [0.25, 0.3) is 0 Å². The monoisotopic (exact) mass is 348 g/mol. The molecule has 1 N–H and O–H groups in total. The molecular weight excluding hydrogens is 320 g/mol. The Balaban J connectivity index is 1.71. The molecule has 0 radical (unpaired) electrons. The first-order valence-corrected chi connectivity index (χ1v) is 9.00. The fourth-order valence-corrected chi connectivity index (χ4v) is 3.15. The van der Waals surface area contributed by atoms with Gasteiger partial charge >= 0.3 is 6.09 Å². The number of amides is 1. The van der Waals surface area contributed by atoms with Crippen molar-refractivity contribution in [1.29, 1.82) is 0 Å². The Morgan fingerprint density at radius 2 is 2.08 bits per heavy atom. The number of carbonyl (C=O) groups excluding carboxylic acids is 1. The standard InChI is InChI=1S/C18H28N4O3/c1-12-9-13-10-19-16(20-14-5-7-24-8-6-14)21-15(13)11-22(12)17(23)25-18(2,3)4/h10,12,14H,5-9,11H2,1-4H3,(H,19,20,21)/t12-/m1/s1. The summed E-state index contributed by atoms with van der Waals surface area (Å²) in [7, 11) is 0. The van der Waals surface area contributed by atoms with Crippen molar-refractivity contribution in [3.63, 3.8) is 0 Å². The van der Waals surface area contributed by atoms with Gasteiger partial charge in [-0.15, -0.1) is 0 Å². The van der Waals surface area contributed by atoms with Crippen molar-refractivity contribution in [3.05, 3.63) is 17.5 Å². The Kier molecular flexibility index (Phi) is 5.13. The Labute approximate surface area is 149 Å². The first kappa shape index (κ1) is 17.9. The molecule has 7 nitrogen and oxygen atoms in total. The van der Waals surface area contributed by atoms with Crippen molar-refractivity contribution in [2.45, 2.75) is 71.2 Å². The van der Waals surface area contributed by atoms with E-state index in [-0.39, 0.29) is 12.1 Å². The Morgan fingerprint density at radius 3 is 2.76 bits per heavy atom. The van der Waals surface area contributed by atoms with Gasteiger partial charge in [0, 0.05) is 31.5 Å². The number of rotatable bonds is 2. The number of fused-ring (bicyclic) bond motifs is 1. The lowest BCUT2D eigenvalue weighted by molar-refractivity contribution is 0.0134. The molecule has 138 valence electrons. The largest absolute Gasteiger partial charge is 0.444 e. The summed E-state index contributed by atoms with van der Waals surface area (Å²) >= 11 is 0. The predicted molar refractivity (Wildman–Crippen MR) is 94.4 cm³/mol. The van der Waals surface area contributed by atoms with Crippen molar-refractivity contribution < 1.29 is 14.3 Å². The molecule has 1 saturated heterocycles. The smallest absolute Gasteiger partial charge is 0.410 e. The number of nitrogens with zero attached hydrogens (tertiary/aromatic N) is 3. The molecule has 3 rings (SSSR count). The summed E-state index contributed by atoms with van der Waals surface area (Å²) in [6, 6.07) is 0.413. The van der Waals surface area contributed by atoms with Crippen LogP contribution in [0.5, 0.6) is 0 Å². The summed E-state index contributed by atoms with van der Waals surface area (Å²) in [6.07, 6.45) is 4.26. The molecule has 1 fully saturated rings. The van der Waals surface area contributed by atoms with E-state index in [1.165, 1.54) is 0 Å². The second kappa shape index (κ2) is 7.15. The minimum Gasteiger partial charge on any atom is -0.444 e. The normalized spacial score (nSPS) is 21.6. The molecule has 1 aromatic heterocycles. The number of hydrogen-bond donors (Lipinski definition) is 1. The van der Waals surface area contributed by atoms with E-state index in [1.54, 1.807) is 4.90 Å². The van der Waals surface area contributed by atoms with Crippen molar-refractivity contribution in [2.24, 2.45) is 0 Å².